The van der Waals surface area contributed by atoms with E-state index >= 15 is 0 Å². The van der Waals surface area contributed by atoms with Crippen LogP contribution in [0, 0.1) is 0 Å². The van der Waals surface area contributed by atoms with Gasteiger partial charge in [-0.15, -0.1) is 0 Å². The van der Waals surface area contributed by atoms with Crippen LogP contribution in [-0.4, -0.2) is 18.1 Å². The molecule has 0 spiro atoms. The van der Waals surface area contributed by atoms with E-state index in [9.17, 15) is 9.59 Å². The summed E-state index contributed by atoms with van der Waals surface area (Å²) >= 11 is 9.31. The van der Waals surface area contributed by atoms with Crippen LogP contribution in [0.3, 0.4) is 0 Å². The van der Waals surface area contributed by atoms with Crippen LogP contribution in [0.5, 0.6) is 5.75 Å². The predicted octanol–water partition coefficient (Wildman–Crippen LogP) is 5.09. The summed E-state index contributed by atoms with van der Waals surface area (Å²) in [5, 5.41) is 4.27. The summed E-state index contributed by atoms with van der Waals surface area (Å²) < 4.78 is 5.99. The topological polar surface area (TPSA) is 67.8 Å². The highest BCUT2D eigenvalue weighted by Gasteiger charge is 2.12. The minimum absolute atomic E-state index is 0.296. The maximum absolute atomic E-state index is 12.1. The van der Waals surface area contributed by atoms with Gasteiger partial charge in [-0.1, -0.05) is 35.9 Å². The zero-order chi connectivity index (χ0) is 19.9. The summed E-state index contributed by atoms with van der Waals surface area (Å²) in [5.74, 6) is -0.485. The van der Waals surface area contributed by atoms with Gasteiger partial charge in [0.15, 0.2) is 0 Å². The highest BCUT2D eigenvalue weighted by atomic mass is 79.9. The van der Waals surface area contributed by atoms with Crippen LogP contribution in [0.2, 0.25) is 5.02 Å². The minimum atomic E-state index is -0.535. The van der Waals surface area contributed by atoms with Gasteiger partial charge < -0.3 is 4.74 Å². The first-order chi connectivity index (χ1) is 13.5. The number of benzene rings is 3. The molecule has 28 heavy (non-hydrogen) atoms. The van der Waals surface area contributed by atoms with Crippen molar-refractivity contribution in [2.75, 3.05) is 0 Å². The predicted molar refractivity (Wildman–Crippen MR) is 112 cm³/mol. The maximum atomic E-state index is 12.1. The number of hydrazone groups is 1. The minimum Gasteiger partial charge on any atom is -0.423 e. The lowest BCUT2D eigenvalue weighted by Crippen LogP contribution is -2.18. The number of carbonyl (C=O) groups excluding carboxylic acids is 2. The fraction of sp³-hybridized carbons (Fsp3) is 0. The van der Waals surface area contributed by atoms with E-state index in [1.165, 1.54) is 6.21 Å². The second-order valence-corrected chi connectivity index (χ2v) is 6.88. The fourth-order valence-electron chi connectivity index (χ4n) is 2.28. The Balaban J connectivity index is 1.59. The van der Waals surface area contributed by atoms with Crippen molar-refractivity contribution in [2.24, 2.45) is 5.10 Å². The number of hydrogen-bond acceptors (Lipinski definition) is 4. The Labute approximate surface area is 175 Å². The van der Waals surface area contributed by atoms with Gasteiger partial charge in [0.1, 0.15) is 5.75 Å². The zero-order valence-electron chi connectivity index (χ0n) is 14.4. The smallest absolute Gasteiger partial charge is 0.345 e. The summed E-state index contributed by atoms with van der Waals surface area (Å²) in [6.07, 6.45) is 1.49. The van der Waals surface area contributed by atoms with Crippen molar-refractivity contribution in [1.29, 1.82) is 0 Å². The molecule has 1 amide bonds. The summed E-state index contributed by atoms with van der Waals surface area (Å²) in [4.78, 5) is 24.2. The van der Waals surface area contributed by atoms with Crippen molar-refractivity contribution in [3.63, 3.8) is 0 Å². The number of ether oxygens (including phenoxy) is 1. The second kappa shape index (κ2) is 9.30. The quantitative estimate of drug-likeness (QED) is 0.251. The Morgan fingerprint density at radius 2 is 1.57 bits per heavy atom. The molecule has 140 valence electrons. The maximum Gasteiger partial charge on any atom is 0.345 e. The summed E-state index contributed by atoms with van der Waals surface area (Å²) in [5.41, 5.74) is 3.97. The van der Waals surface area contributed by atoms with Gasteiger partial charge in [0.25, 0.3) is 5.91 Å². The Morgan fingerprint density at radius 1 is 0.929 bits per heavy atom. The van der Waals surface area contributed by atoms with E-state index in [0.717, 1.165) is 5.56 Å². The molecule has 0 aliphatic rings. The molecule has 0 heterocycles. The molecule has 0 bridgehead atoms. The first kappa shape index (κ1) is 19.8. The molecule has 3 aromatic rings. The highest BCUT2D eigenvalue weighted by molar-refractivity contribution is 9.10. The van der Waals surface area contributed by atoms with Crippen LogP contribution in [0.15, 0.2) is 82.4 Å². The van der Waals surface area contributed by atoms with Crippen LogP contribution in [-0.2, 0) is 0 Å². The number of nitrogens with zero attached hydrogens (tertiary/aromatic N) is 1. The Morgan fingerprint density at radius 3 is 2.25 bits per heavy atom. The molecule has 0 aliphatic heterocycles. The van der Waals surface area contributed by atoms with Gasteiger partial charge in [-0.2, -0.15) is 5.10 Å². The van der Waals surface area contributed by atoms with Crippen molar-refractivity contribution in [2.45, 2.75) is 0 Å². The third-order valence-electron chi connectivity index (χ3n) is 3.68. The third kappa shape index (κ3) is 5.06. The highest BCUT2D eigenvalue weighted by Crippen LogP contribution is 2.19. The van der Waals surface area contributed by atoms with Crippen molar-refractivity contribution >= 4 is 45.6 Å². The van der Waals surface area contributed by atoms with Gasteiger partial charge in [0.2, 0.25) is 0 Å². The first-order valence-electron chi connectivity index (χ1n) is 8.19. The number of carbonyl (C=O) groups is 2. The van der Waals surface area contributed by atoms with Crippen LogP contribution in [0.4, 0.5) is 0 Å². The molecule has 0 atom stereocenters. The number of esters is 1. The molecule has 0 radical (unpaired) electrons. The zero-order valence-corrected chi connectivity index (χ0v) is 16.8. The molecule has 3 aromatic carbocycles. The summed E-state index contributed by atoms with van der Waals surface area (Å²) in [6, 6.07) is 20.4. The number of amides is 1. The summed E-state index contributed by atoms with van der Waals surface area (Å²) in [6.45, 7) is 0. The van der Waals surface area contributed by atoms with Gasteiger partial charge in [0, 0.05) is 4.47 Å². The molecule has 0 saturated heterocycles. The molecule has 0 unspecified atom stereocenters. The monoisotopic (exact) mass is 456 g/mol. The lowest BCUT2D eigenvalue weighted by atomic mass is 10.2. The lowest BCUT2D eigenvalue weighted by Gasteiger charge is -2.06. The molecular formula is C21H14BrClN2O3. The lowest BCUT2D eigenvalue weighted by molar-refractivity contribution is 0.0734. The van der Waals surface area contributed by atoms with Crippen LogP contribution in [0.25, 0.3) is 0 Å². The number of halogens is 2. The van der Waals surface area contributed by atoms with Crippen LogP contribution in [0.1, 0.15) is 26.3 Å². The van der Waals surface area contributed by atoms with E-state index in [4.69, 9.17) is 16.3 Å². The molecule has 0 aromatic heterocycles. The number of nitrogens with one attached hydrogen (secondary N) is 1. The van der Waals surface area contributed by atoms with E-state index in [2.05, 4.69) is 26.5 Å². The number of rotatable bonds is 5. The van der Waals surface area contributed by atoms with Crippen molar-refractivity contribution in [3.05, 3.63) is 99.0 Å². The largest absolute Gasteiger partial charge is 0.423 e. The average molecular weight is 458 g/mol. The Bertz CT molecular complexity index is 1040. The van der Waals surface area contributed by atoms with E-state index in [1.807, 2.05) is 6.07 Å². The first-order valence-corrected chi connectivity index (χ1v) is 9.36. The van der Waals surface area contributed by atoms with E-state index in [-0.39, 0.29) is 5.91 Å². The van der Waals surface area contributed by atoms with Gasteiger partial charge in [-0.25, -0.2) is 10.2 Å². The van der Waals surface area contributed by atoms with Gasteiger partial charge in [0.05, 0.1) is 22.4 Å². The Kier molecular flexibility index (Phi) is 6.57. The van der Waals surface area contributed by atoms with E-state index in [1.54, 1.807) is 66.7 Å². The van der Waals surface area contributed by atoms with Gasteiger partial charge >= 0.3 is 5.97 Å². The molecule has 0 aliphatic carbocycles. The molecule has 0 saturated carbocycles. The third-order valence-corrected chi connectivity index (χ3v) is 4.70. The van der Waals surface area contributed by atoms with Crippen molar-refractivity contribution in [3.8, 4) is 5.75 Å². The van der Waals surface area contributed by atoms with Crippen LogP contribution < -0.4 is 10.2 Å². The SMILES string of the molecule is O=C(Oc1ccc(/C=N/NC(=O)c2ccccc2Br)cc1)c1ccccc1Cl. The molecule has 7 heteroatoms. The molecule has 0 fully saturated rings. The molecular weight excluding hydrogens is 444 g/mol. The average Bonchev–Trinajstić information content (AvgIpc) is 2.70. The molecule has 3 rings (SSSR count). The van der Waals surface area contributed by atoms with Gasteiger partial charge in [-0.3, -0.25) is 4.79 Å². The van der Waals surface area contributed by atoms with Crippen molar-refractivity contribution < 1.29 is 14.3 Å². The summed E-state index contributed by atoms with van der Waals surface area (Å²) in [7, 11) is 0. The standard InChI is InChI=1S/C21H14BrClN2O3/c22-18-7-3-1-5-16(18)20(26)25-24-13-14-9-11-15(12-10-14)28-21(27)17-6-2-4-8-19(17)23/h1-13H,(H,25,26)/b24-13+. The fourth-order valence-corrected chi connectivity index (χ4v) is 2.96. The normalized spacial score (nSPS) is 10.6. The van der Waals surface area contributed by atoms with Crippen molar-refractivity contribution in [1.82, 2.24) is 5.43 Å². The van der Waals surface area contributed by atoms with E-state index in [0.29, 0.717) is 26.4 Å². The number of hydrogen-bond donors (Lipinski definition) is 1. The van der Waals surface area contributed by atoms with E-state index < -0.39 is 5.97 Å². The molecule has 1 N–H and O–H groups in total. The second-order valence-electron chi connectivity index (χ2n) is 5.62. The Hall–Kier alpha value is -2.96. The van der Waals surface area contributed by atoms with Crippen LogP contribution >= 0.6 is 27.5 Å². The van der Waals surface area contributed by atoms with Gasteiger partial charge in [-0.05, 0) is 70.0 Å². The molecule has 5 nitrogen and oxygen atoms in total.